The van der Waals surface area contributed by atoms with Gasteiger partial charge in [-0.1, -0.05) is 27.2 Å². The molecule has 0 aromatic carbocycles. The number of sulfonamides is 1. The normalized spacial score (nSPS) is 24.1. The molecule has 1 N–H and O–H groups in total. The molecule has 1 rings (SSSR count). The number of carbonyl (C=O) groups is 1. The first kappa shape index (κ1) is 18.4. The molecule has 0 amide bonds. The molecule has 6 heteroatoms. The van der Waals surface area contributed by atoms with Crippen molar-refractivity contribution in [3.63, 3.8) is 0 Å². The van der Waals surface area contributed by atoms with Crippen molar-refractivity contribution >= 4 is 16.0 Å². The molecule has 124 valence electrons. The standard InChI is InChI=1S/C15H29NO4S/c1-14(2,3)10-15(4,5)16-21(18,19)12-9-7-8-11(12)13(17)20-6/h11-12,16H,7-10H2,1-6H3. The van der Waals surface area contributed by atoms with Crippen molar-refractivity contribution in [3.05, 3.63) is 0 Å². The molecule has 0 saturated heterocycles. The van der Waals surface area contributed by atoms with Crippen molar-refractivity contribution in [2.45, 2.75) is 71.1 Å². The Morgan fingerprint density at radius 1 is 1.19 bits per heavy atom. The van der Waals surface area contributed by atoms with Crippen LogP contribution in [0.25, 0.3) is 0 Å². The van der Waals surface area contributed by atoms with Crippen LogP contribution in [0.3, 0.4) is 0 Å². The maximum absolute atomic E-state index is 12.6. The maximum atomic E-state index is 12.6. The highest BCUT2D eigenvalue weighted by Gasteiger charge is 2.44. The molecule has 2 unspecified atom stereocenters. The summed E-state index contributed by atoms with van der Waals surface area (Å²) in [6.45, 7) is 10.0. The van der Waals surface area contributed by atoms with Crippen molar-refractivity contribution in [2.75, 3.05) is 7.11 Å². The molecule has 0 aromatic heterocycles. The molecule has 0 bridgehead atoms. The Labute approximate surface area is 128 Å². The second kappa shape index (κ2) is 6.24. The van der Waals surface area contributed by atoms with E-state index in [4.69, 9.17) is 4.74 Å². The summed E-state index contributed by atoms with van der Waals surface area (Å²) in [5.74, 6) is -0.963. The number of methoxy groups -OCH3 is 1. The number of carbonyl (C=O) groups excluding carboxylic acids is 1. The van der Waals surface area contributed by atoms with Gasteiger partial charge in [0.25, 0.3) is 0 Å². The lowest BCUT2D eigenvalue weighted by atomic mass is 9.82. The van der Waals surface area contributed by atoms with Gasteiger partial charge in [-0.15, -0.1) is 0 Å². The third-order valence-corrected chi connectivity index (χ3v) is 5.94. The molecule has 21 heavy (non-hydrogen) atoms. The number of ether oxygens (including phenoxy) is 1. The van der Waals surface area contributed by atoms with E-state index in [1.54, 1.807) is 0 Å². The summed E-state index contributed by atoms with van der Waals surface area (Å²) >= 11 is 0. The molecule has 1 aliphatic rings. The predicted molar refractivity (Wildman–Crippen MR) is 83.4 cm³/mol. The summed E-state index contributed by atoms with van der Waals surface area (Å²) in [6.07, 6.45) is 2.55. The van der Waals surface area contributed by atoms with Gasteiger partial charge in [-0.2, -0.15) is 0 Å². The molecule has 0 heterocycles. The zero-order valence-corrected chi connectivity index (χ0v) is 14.8. The number of esters is 1. The van der Waals surface area contributed by atoms with Crippen LogP contribution in [0.15, 0.2) is 0 Å². The van der Waals surface area contributed by atoms with Crippen molar-refractivity contribution in [3.8, 4) is 0 Å². The average Bonchev–Trinajstić information content (AvgIpc) is 2.72. The third kappa shape index (κ3) is 5.25. The van der Waals surface area contributed by atoms with Crippen molar-refractivity contribution in [2.24, 2.45) is 11.3 Å². The summed E-state index contributed by atoms with van der Waals surface area (Å²) in [5, 5.41) is -0.677. The summed E-state index contributed by atoms with van der Waals surface area (Å²) in [4.78, 5) is 11.8. The number of nitrogens with one attached hydrogen (secondary N) is 1. The van der Waals surface area contributed by atoms with Gasteiger partial charge in [0.2, 0.25) is 10.0 Å². The minimum Gasteiger partial charge on any atom is -0.469 e. The first-order valence-corrected chi connectivity index (χ1v) is 9.03. The van der Waals surface area contributed by atoms with Crippen LogP contribution in [0.5, 0.6) is 0 Å². The Balaban J connectivity index is 2.88. The van der Waals surface area contributed by atoms with E-state index in [0.29, 0.717) is 12.8 Å². The minimum absolute atomic E-state index is 0.0173. The van der Waals surface area contributed by atoms with Crippen molar-refractivity contribution in [1.29, 1.82) is 0 Å². The lowest BCUT2D eigenvalue weighted by Gasteiger charge is -2.34. The molecule has 0 aromatic rings. The topological polar surface area (TPSA) is 72.5 Å². The van der Waals surface area contributed by atoms with Crippen LogP contribution in [0.2, 0.25) is 0 Å². The molecule has 0 aliphatic heterocycles. The lowest BCUT2D eigenvalue weighted by Crippen LogP contribution is -2.50. The Bertz CT molecular complexity index is 476. The predicted octanol–water partition coefficient (Wildman–Crippen LogP) is 2.46. The van der Waals surface area contributed by atoms with Gasteiger partial charge in [-0.3, -0.25) is 4.79 Å². The van der Waals surface area contributed by atoms with Gasteiger partial charge in [0.15, 0.2) is 0 Å². The van der Waals surface area contributed by atoms with Gasteiger partial charge in [0.1, 0.15) is 0 Å². The molecule has 0 radical (unpaired) electrons. The van der Waals surface area contributed by atoms with Gasteiger partial charge in [-0.05, 0) is 38.5 Å². The Hall–Kier alpha value is -0.620. The Morgan fingerprint density at radius 3 is 2.24 bits per heavy atom. The third-order valence-electron chi connectivity index (χ3n) is 3.75. The monoisotopic (exact) mass is 319 g/mol. The Kier molecular flexibility index (Phi) is 5.48. The first-order chi connectivity index (χ1) is 9.38. The number of hydrogen-bond acceptors (Lipinski definition) is 4. The quantitative estimate of drug-likeness (QED) is 0.790. The smallest absolute Gasteiger partial charge is 0.310 e. The van der Waals surface area contributed by atoms with Gasteiger partial charge < -0.3 is 4.74 Å². The summed E-state index contributed by atoms with van der Waals surface area (Å²) in [6, 6.07) is 0. The van der Waals surface area contributed by atoms with E-state index in [1.807, 2.05) is 13.8 Å². The van der Waals surface area contributed by atoms with Crippen LogP contribution in [0, 0.1) is 11.3 Å². The van der Waals surface area contributed by atoms with Crippen molar-refractivity contribution in [1.82, 2.24) is 4.72 Å². The van der Waals surface area contributed by atoms with Gasteiger partial charge in [-0.25, -0.2) is 13.1 Å². The second-order valence-corrected chi connectivity index (χ2v) is 9.77. The van der Waals surface area contributed by atoms with Gasteiger partial charge in [0.05, 0.1) is 18.3 Å². The van der Waals surface area contributed by atoms with Gasteiger partial charge >= 0.3 is 5.97 Å². The van der Waals surface area contributed by atoms with Crippen LogP contribution in [0.1, 0.15) is 60.3 Å². The van der Waals surface area contributed by atoms with Crippen LogP contribution >= 0.6 is 0 Å². The zero-order valence-electron chi connectivity index (χ0n) is 14.0. The molecular formula is C15H29NO4S. The summed E-state index contributed by atoms with van der Waals surface area (Å²) in [7, 11) is -2.24. The highest BCUT2D eigenvalue weighted by atomic mass is 32.2. The van der Waals surface area contributed by atoms with E-state index in [-0.39, 0.29) is 5.41 Å². The minimum atomic E-state index is -3.55. The largest absolute Gasteiger partial charge is 0.469 e. The van der Waals surface area contributed by atoms with Gasteiger partial charge in [0, 0.05) is 5.54 Å². The van der Waals surface area contributed by atoms with Crippen LogP contribution < -0.4 is 4.72 Å². The van der Waals surface area contributed by atoms with Crippen LogP contribution in [0.4, 0.5) is 0 Å². The molecule has 0 spiro atoms. The molecular weight excluding hydrogens is 290 g/mol. The first-order valence-electron chi connectivity index (χ1n) is 7.49. The lowest BCUT2D eigenvalue weighted by molar-refractivity contribution is -0.145. The highest BCUT2D eigenvalue weighted by molar-refractivity contribution is 7.90. The fourth-order valence-corrected chi connectivity index (χ4v) is 5.69. The molecule has 1 saturated carbocycles. The fraction of sp³-hybridized carbons (Fsp3) is 0.933. The van der Waals surface area contributed by atoms with E-state index in [0.717, 1.165) is 12.8 Å². The van der Waals surface area contributed by atoms with Crippen molar-refractivity contribution < 1.29 is 17.9 Å². The molecule has 1 fully saturated rings. The molecule has 2 atom stereocenters. The van der Waals surface area contributed by atoms with E-state index in [1.165, 1.54) is 7.11 Å². The highest BCUT2D eigenvalue weighted by Crippen LogP contribution is 2.34. The number of rotatable bonds is 5. The molecule has 5 nitrogen and oxygen atoms in total. The Morgan fingerprint density at radius 2 is 1.76 bits per heavy atom. The SMILES string of the molecule is COC(=O)C1CCCC1S(=O)(=O)NC(C)(C)CC(C)(C)C. The summed E-state index contributed by atoms with van der Waals surface area (Å²) < 4.78 is 32.8. The molecule has 1 aliphatic carbocycles. The number of hydrogen-bond donors (Lipinski definition) is 1. The van der Waals surface area contributed by atoms with E-state index in [2.05, 4.69) is 25.5 Å². The second-order valence-electron chi connectivity index (χ2n) is 7.87. The van der Waals surface area contributed by atoms with E-state index < -0.39 is 32.7 Å². The maximum Gasteiger partial charge on any atom is 0.310 e. The fourth-order valence-electron chi connectivity index (χ4n) is 3.54. The van der Waals surface area contributed by atoms with Crippen LogP contribution in [-0.4, -0.2) is 32.3 Å². The zero-order chi connectivity index (χ0) is 16.5. The summed E-state index contributed by atoms with van der Waals surface area (Å²) in [5.41, 5.74) is -0.524. The van der Waals surface area contributed by atoms with Crippen LogP contribution in [-0.2, 0) is 19.6 Å². The van der Waals surface area contributed by atoms with E-state index >= 15 is 0 Å². The average molecular weight is 319 g/mol. The van der Waals surface area contributed by atoms with E-state index in [9.17, 15) is 13.2 Å².